The quantitative estimate of drug-likeness (QED) is 0.733. The van der Waals surface area contributed by atoms with E-state index in [1.807, 2.05) is 6.92 Å². The summed E-state index contributed by atoms with van der Waals surface area (Å²) in [6.45, 7) is 6.41. The Balaban J connectivity index is 2.15. The number of hydrogen-bond donors (Lipinski definition) is 1. The number of hydrogen-bond acceptors (Lipinski definition) is 2. The second-order valence-electron chi connectivity index (χ2n) is 4.53. The van der Waals surface area contributed by atoms with Gasteiger partial charge in [-0.25, -0.2) is 0 Å². The Labute approximate surface area is 87.5 Å². The first-order valence-electron chi connectivity index (χ1n) is 5.97. The van der Waals surface area contributed by atoms with Crippen molar-refractivity contribution in [1.29, 1.82) is 0 Å². The Morgan fingerprint density at radius 1 is 1.57 bits per heavy atom. The van der Waals surface area contributed by atoms with Crippen LogP contribution in [0.3, 0.4) is 0 Å². The molecule has 0 spiro atoms. The first-order chi connectivity index (χ1) is 6.74. The number of ketones is 1. The van der Waals surface area contributed by atoms with E-state index in [4.69, 9.17) is 0 Å². The minimum absolute atomic E-state index is 0.270. The summed E-state index contributed by atoms with van der Waals surface area (Å²) < 4.78 is 0. The van der Waals surface area contributed by atoms with E-state index in [2.05, 4.69) is 12.2 Å². The third kappa shape index (κ3) is 3.79. The molecule has 2 heteroatoms. The number of carbonyl (C=O) groups excluding carboxylic acids is 1. The molecule has 82 valence electrons. The predicted octanol–water partition coefficient (Wildman–Crippen LogP) is 2.38. The van der Waals surface area contributed by atoms with Gasteiger partial charge in [0.25, 0.3) is 0 Å². The van der Waals surface area contributed by atoms with E-state index in [1.165, 1.54) is 12.8 Å². The van der Waals surface area contributed by atoms with Crippen LogP contribution in [-0.2, 0) is 4.79 Å². The van der Waals surface area contributed by atoms with Crippen LogP contribution < -0.4 is 5.32 Å². The number of carbonyl (C=O) groups is 1. The molecule has 1 saturated heterocycles. The second kappa shape index (κ2) is 6.18. The molecule has 1 fully saturated rings. The Hall–Kier alpha value is -0.370. The van der Waals surface area contributed by atoms with Gasteiger partial charge >= 0.3 is 0 Å². The lowest BCUT2D eigenvalue weighted by Gasteiger charge is -2.22. The van der Waals surface area contributed by atoms with Crippen molar-refractivity contribution in [2.24, 2.45) is 11.8 Å². The molecule has 1 heterocycles. The van der Waals surface area contributed by atoms with Crippen molar-refractivity contribution in [1.82, 2.24) is 5.32 Å². The first kappa shape index (κ1) is 11.7. The van der Waals surface area contributed by atoms with E-state index in [0.29, 0.717) is 5.78 Å². The van der Waals surface area contributed by atoms with Crippen LogP contribution in [0.5, 0.6) is 0 Å². The van der Waals surface area contributed by atoms with Crippen molar-refractivity contribution < 1.29 is 4.79 Å². The van der Waals surface area contributed by atoms with Crippen molar-refractivity contribution in [3.63, 3.8) is 0 Å². The monoisotopic (exact) mass is 197 g/mol. The maximum atomic E-state index is 11.6. The van der Waals surface area contributed by atoms with Crippen molar-refractivity contribution in [3.8, 4) is 0 Å². The summed E-state index contributed by atoms with van der Waals surface area (Å²) in [6, 6.07) is 0. The summed E-state index contributed by atoms with van der Waals surface area (Å²) in [5.41, 5.74) is 0. The molecule has 2 atom stereocenters. The fourth-order valence-corrected chi connectivity index (χ4v) is 1.99. The van der Waals surface area contributed by atoms with Crippen LogP contribution >= 0.6 is 0 Å². The largest absolute Gasteiger partial charge is 0.316 e. The van der Waals surface area contributed by atoms with E-state index in [9.17, 15) is 4.79 Å². The highest BCUT2D eigenvalue weighted by Crippen LogP contribution is 2.18. The molecule has 14 heavy (non-hydrogen) atoms. The number of rotatable bonds is 5. The van der Waals surface area contributed by atoms with E-state index < -0.39 is 0 Å². The van der Waals surface area contributed by atoms with Gasteiger partial charge in [0, 0.05) is 12.3 Å². The fraction of sp³-hybridized carbons (Fsp3) is 0.917. The van der Waals surface area contributed by atoms with Crippen molar-refractivity contribution >= 4 is 5.78 Å². The zero-order chi connectivity index (χ0) is 10.4. The standard InChI is InChI=1S/C12H23NO/c1-3-10(2)12(14)7-6-11-5-4-8-13-9-11/h10-11,13H,3-9H2,1-2H3. The van der Waals surface area contributed by atoms with Crippen molar-refractivity contribution in [3.05, 3.63) is 0 Å². The lowest BCUT2D eigenvalue weighted by molar-refractivity contribution is -0.122. The highest BCUT2D eigenvalue weighted by Gasteiger charge is 2.16. The van der Waals surface area contributed by atoms with Crippen LogP contribution in [0, 0.1) is 11.8 Å². The lowest BCUT2D eigenvalue weighted by Crippen LogP contribution is -2.30. The number of nitrogens with one attached hydrogen (secondary N) is 1. The molecule has 0 saturated carbocycles. The van der Waals surface area contributed by atoms with Crippen LogP contribution in [0.2, 0.25) is 0 Å². The lowest BCUT2D eigenvalue weighted by atomic mass is 9.91. The van der Waals surface area contributed by atoms with Gasteiger partial charge in [0.15, 0.2) is 0 Å². The van der Waals surface area contributed by atoms with Crippen LogP contribution in [0.1, 0.15) is 46.0 Å². The summed E-state index contributed by atoms with van der Waals surface area (Å²) in [4.78, 5) is 11.6. The molecule has 2 nitrogen and oxygen atoms in total. The predicted molar refractivity (Wildman–Crippen MR) is 59.3 cm³/mol. The maximum Gasteiger partial charge on any atom is 0.135 e. The topological polar surface area (TPSA) is 29.1 Å². The third-order valence-electron chi connectivity index (χ3n) is 3.36. The third-order valence-corrected chi connectivity index (χ3v) is 3.36. The van der Waals surface area contributed by atoms with Gasteiger partial charge in [-0.05, 0) is 44.7 Å². The van der Waals surface area contributed by atoms with Crippen LogP contribution in [0.4, 0.5) is 0 Å². The molecule has 1 N–H and O–H groups in total. The van der Waals surface area contributed by atoms with Gasteiger partial charge in [0.1, 0.15) is 5.78 Å². The summed E-state index contributed by atoms with van der Waals surface area (Å²) in [5.74, 6) is 1.47. The van der Waals surface area contributed by atoms with Crippen molar-refractivity contribution in [2.45, 2.75) is 46.0 Å². The van der Waals surface area contributed by atoms with Crippen LogP contribution in [0.15, 0.2) is 0 Å². The van der Waals surface area contributed by atoms with E-state index in [1.54, 1.807) is 0 Å². The molecule has 2 unspecified atom stereocenters. The normalized spacial score (nSPS) is 24.6. The van der Waals surface area contributed by atoms with Gasteiger partial charge in [0.2, 0.25) is 0 Å². The second-order valence-corrected chi connectivity index (χ2v) is 4.53. The minimum atomic E-state index is 0.270. The Bertz CT molecular complexity index is 173. The summed E-state index contributed by atoms with van der Waals surface area (Å²) in [5, 5.41) is 3.39. The van der Waals surface area contributed by atoms with Crippen LogP contribution in [-0.4, -0.2) is 18.9 Å². The summed E-state index contributed by atoms with van der Waals surface area (Å²) >= 11 is 0. The summed E-state index contributed by atoms with van der Waals surface area (Å²) in [7, 11) is 0. The average molecular weight is 197 g/mol. The van der Waals surface area contributed by atoms with Gasteiger partial charge < -0.3 is 5.32 Å². The Kier molecular flexibility index (Phi) is 5.16. The maximum absolute atomic E-state index is 11.6. The average Bonchev–Trinajstić information content (AvgIpc) is 2.26. The van der Waals surface area contributed by atoms with Gasteiger partial charge in [-0.15, -0.1) is 0 Å². The SMILES string of the molecule is CCC(C)C(=O)CCC1CCCNC1. The van der Waals surface area contributed by atoms with E-state index in [0.717, 1.165) is 38.3 Å². The van der Waals surface area contributed by atoms with Gasteiger partial charge in [0.05, 0.1) is 0 Å². The molecule has 0 radical (unpaired) electrons. The molecule has 0 bridgehead atoms. The Morgan fingerprint density at radius 3 is 2.93 bits per heavy atom. The molecule has 0 aromatic heterocycles. The molecule has 1 aliphatic rings. The fourth-order valence-electron chi connectivity index (χ4n) is 1.99. The van der Waals surface area contributed by atoms with Gasteiger partial charge in [-0.3, -0.25) is 4.79 Å². The van der Waals surface area contributed by atoms with Gasteiger partial charge in [-0.2, -0.15) is 0 Å². The number of piperidine rings is 1. The first-order valence-corrected chi connectivity index (χ1v) is 5.97. The molecule has 0 aromatic carbocycles. The molecular weight excluding hydrogens is 174 g/mol. The molecule has 0 aliphatic carbocycles. The number of Topliss-reactive ketones (excluding diaryl/α,β-unsaturated/α-hetero) is 1. The highest BCUT2D eigenvalue weighted by atomic mass is 16.1. The van der Waals surface area contributed by atoms with Crippen LogP contribution in [0.25, 0.3) is 0 Å². The molecule has 0 aromatic rings. The molecule has 0 amide bonds. The molecule has 1 aliphatic heterocycles. The van der Waals surface area contributed by atoms with Crippen molar-refractivity contribution in [2.75, 3.05) is 13.1 Å². The van der Waals surface area contributed by atoms with Gasteiger partial charge in [-0.1, -0.05) is 13.8 Å². The minimum Gasteiger partial charge on any atom is -0.316 e. The Morgan fingerprint density at radius 2 is 2.36 bits per heavy atom. The smallest absolute Gasteiger partial charge is 0.135 e. The van der Waals surface area contributed by atoms with E-state index in [-0.39, 0.29) is 5.92 Å². The molecule has 1 rings (SSSR count). The van der Waals surface area contributed by atoms with E-state index >= 15 is 0 Å². The zero-order valence-electron chi connectivity index (χ0n) is 9.51. The highest BCUT2D eigenvalue weighted by molar-refractivity contribution is 5.80. The summed E-state index contributed by atoms with van der Waals surface area (Å²) in [6.07, 6.45) is 5.46. The molecular formula is C12H23NO. The zero-order valence-corrected chi connectivity index (χ0v) is 9.51.